The van der Waals surface area contributed by atoms with Crippen molar-refractivity contribution < 1.29 is 9.78 Å². The molecule has 1 aliphatic heterocycles. The zero-order valence-electron chi connectivity index (χ0n) is 12.4. The highest BCUT2D eigenvalue weighted by Gasteiger charge is 2.44. The third-order valence-electron chi connectivity index (χ3n) is 4.90. The maximum absolute atomic E-state index is 5.58. The van der Waals surface area contributed by atoms with E-state index in [4.69, 9.17) is 9.78 Å². The fraction of sp³-hybridized carbons (Fsp3) is 0.333. The van der Waals surface area contributed by atoms with Crippen LogP contribution in [0, 0.1) is 0 Å². The fourth-order valence-electron chi connectivity index (χ4n) is 2.87. The molecule has 0 atom stereocenters. The predicted octanol–water partition coefficient (Wildman–Crippen LogP) is 4.63. The first-order valence-electron chi connectivity index (χ1n) is 6.98. The molecular weight excluding hydrogens is 248 g/mol. The Morgan fingerprint density at radius 1 is 0.600 bits per heavy atom. The van der Waals surface area contributed by atoms with E-state index in [2.05, 4.69) is 39.8 Å². The molecule has 20 heavy (non-hydrogen) atoms. The Bertz CT molecular complexity index is 584. The van der Waals surface area contributed by atoms with Gasteiger partial charge in [0, 0.05) is 22.0 Å². The van der Waals surface area contributed by atoms with Crippen LogP contribution in [0.15, 0.2) is 48.5 Å². The highest BCUT2D eigenvalue weighted by Crippen LogP contribution is 2.50. The number of hydrogen-bond donors (Lipinski definition) is 0. The average Bonchev–Trinajstić information content (AvgIpc) is 2.44. The summed E-state index contributed by atoms with van der Waals surface area (Å²) in [6.07, 6.45) is 0. The molecule has 0 saturated carbocycles. The molecule has 2 aromatic rings. The van der Waals surface area contributed by atoms with Crippen molar-refractivity contribution in [1.29, 1.82) is 0 Å². The molecule has 2 heteroatoms. The van der Waals surface area contributed by atoms with Crippen LogP contribution in [0.2, 0.25) is 0 Å². The van der Waals surface area contributed by atoms with Gasteiger partial charge in [-0.15, -0.1) is 0 Å². The van der Waals surface area contributed by atoms with Crippen molar-refractivity contribution >= 4 is 0 Å². The maximum atomic E-state index is 5.58. The fourth-order valence-corrected chi connectivity index (χ4v) is 2.87. The predicted molar refractivity (Wildman–Crippen MR) is 80.2 cm³/mol. The smallest absolute Gasteiger partial charge is 0.182 e. The van der Waals surface area contributed by atoms with Gasteiger partial charge in [0.25, 0.3) is 0 Å². The first-order valence-corrected chi connectivity index (χ1v) is 6.98. The van der Waals surface area contributed by atoms with Crippen LogP contribution in [0.5, 0.6) is 11.5 Å². The van der Waals surface area contributed by atoms with Crippen molar-refractivity contribution in [3.05, 3.63) is 59.7 Å². The summed E-state index contributed by atoms with van der Waals surface area (Å²) in [5.74, 6) is 1.58. The molecule has 1 heterocycles. The highest BCUT2D eigenvalue weighted by atomic mass is 17.2. The van der Waals surface area contributed by atoms with Crippen molar-refractivity contribution in [2.45, 2.75) is 38.5 Å². The Morgan fingerprint density at radius 2 is 0.950 bits per heavy atom. The highest BCUT2D eigenvalue weighted by molar-refractivity contribution is 5.49. The minimum Gasteiger partial charge on any atom is -0.290 e. The minimum atomic E-state index is -0.0799. The first-order chi connectivity index (χ1) is 9.44. The third kappa shape index (κ3) is 1.71. The lowest BCUT2D eigenvalue weighted by molar-refractivity contribution is -0.106. The summed E-state index contributed by atoms with van der Waals surface area (Å²) in [6.45, 7) is 9.04. The summed E-state index contributed by atoms with van der Waals surface area (Å²) in [5, 5.41) is 0. The van der Waals surface area contributed by atoms with Crippen molar-refractivity contribution in [1.82, 2.24) is 0 Å². The van der Waals surface area contributed by atoms with Crippen LogP contribution in [-0.4, -0.2) is 0 Å². The van der Waals surface area contributed by atoms with Crippen LogP contribution in [-0.2, 0) is 10.8 Å². The second-order valence-corrected chi connectivity index (χ2v) is 6.41. The quantitative estimate of drug-likeness (QED) is 0.649. The van der Waals surface area contributed by atoms with Gasteiger partial charge in [-0.2, -0.15) is 0 Å². The molecule has 0 N–H and O–H groups in total. The van der Waals surface area contributed by atoms with Gasteiger partial charge in [0.1, 0.15) is 0 Å². The van der Waals surface area contributed by atoms with Gasteiger partial charge in [-0.25, -0.2) is 0 Å². The lowest BCUT2D eigenvalue weighted by Gasteiger charge is -2.44. The Labute approximate surface area is 120 Å². The number of para-hydroxylation sites is 2. The Hall–Kier alpha value is -1.96. The number of fused-ring (bicyclic) bond motifs is 2. The minimum absolute atomic E-state index is 0.0799. The Morgan fingerprint density at radius 3 is 1.35 bits per heavy atom. The molecule has 0 bridgehead atoms. The van der Waals surface area contributed by atoms with E-state index >= 15 is 0 Å². The van der Waals surface area contributed by atoms with Crippen molar-refractivity contribution in [3.63, 3.8) is 0 Å². The average molecular weight is 268 g/mol. The molecule has 0 spiro atoms. The van der Waals surface area contributed by atoms with Crippen LogP contribution >= 0.6 is 0 Å². The lowest BCUT2D eigenvalue weighted by atomic mass is 9.60. The van der Waals surface area contributed by atoms with E-state index in [0.717, 1.165) is 11.5 Å². The number of hydrogen-bond acceptors (Lipinski definition) is 2. The van der Waals surface area contributed by atoms with Crippen LogP contribution in [0.4, 0.5) is 0 Å². The zero-order valence-corrected chi connectivity index (χ0v) is 12.4. The monoisotopic (exact) mass is 268 g/mol. The van der Waals surface area contributed by atoms with Crippen molar-refractivity contribution in [2.24, 2.45) is 0 Å². The molecule has 1 aliphatic rings. The van der Waals surface area contributed by atoms with Crippen LogP contribution < -0.4 is 9.78 Å². The Balaban J connectivity index is 2.27. The van der Waals surface area contributed by atoms with Gasteiger partial charge in [0.2, 0.25) is 0 Å². The van der Waals surface area contributed by atoms with Crippen LogP contribution in [0.25, 0.3) is 0 Å². The lowest BCUT2D eigenvalue weighted by Crippen LogP contribution is -2.42. The molecule has 0 radical (unpaired) electrons. The summed E-state index contributed by atoms with van der Waals surface area (Å²) in [6, 6.07) is 16.2. The molecule has 0 saturated heterocycles. The summed E-state index contributed by atoms with van der Waals surface area (Å²) < 4.78 is 0. The van der Waals surface area contributed by atoms with Crippen molar-refractivity contribution in [3.8, 4) is 11.5 Å². The largest absolute Gasteiger partial charge is 0.290 e. The van der Waals surface area contributed by atoms with Gasteiger partial charge in [0.05, 0.1) is 0 Å². The Kier molecular flexibility index (Phi) is 2.79. The molecular formula is C18H20O2. The molecule has 0 amide bonds. The van der Waals surface area contributed by atoms with E-state index in [1.165, 1.54) is 11.1 Å². The number of benzene rings is 2. The standard InChI is InChI=1S/C18H20O2/c1-17(2)13-9-5-7-11-15(13)19-20-16-12-8-6-10-14(16)18(17,3)4/h5-12H,1-4H3. The first kappa shape index (κ1) is 13.0. The van der Waals surface area contributed by atoms with E-state index in [9.17, 15) is 0 Å². The van der Waals surface area contributed by atoms with Gasteiger partial charge in [-0.3, -0.25) is 9.78 Å². The molecule has 104 valence electrons. The van der Waals surface area contributed by atoms with Gasteiger partial charge >= 0.3 is 0 Å². The van der Waals surface area contributed by atoms with Gasteiger partial charge in [-0.1, -0.05) is 64.1 Å². The zero-order chi connectivity index (χ0) is 14.4. The normalized spacial score (nSPS) is 18.6. The van der Waals surface area contributed by atoms with E-state index in [0.29, 0.717) is 0 Å². The third-order valence-corrected chi connectivity index (χ3v) is 4.90. The molecule has 2 nitrogen and oxygen atoms in total. The van der Waals surface area contributed by atoms with Gasteiger partial charge in [0.15, 0.2) is 11.5 Å². The van der Waals surface area contributed by atoms with E-state index in [1.54, 1.807) is 0 Å². The summed E-state index contributed by atoms with van der Waals surface area (Å²) in [7, 11) is 0. The molecule has 0 aromatic heterocycles. The second-order valence-electron chi connectivity index (χ2n) is 6.41. The summed E-state index contributed by atoms with van der Waals surface area (Å²) in [4.78, 5) is 11.2. The van der Waals surface area contributed by atoms with Gasteiger partial charge in [-0.05, 0) is 12.1 Å². The molecule has 2 aromatic carbocycles. The molecule has 0 aliphatic carbocycles. The molecule has 0 fully saturated rings. The maximum Gasteiger partial charge on any atom is 0.182 e. The van der Waals surface area contributed by atoms with E-state index in [-0.39, 0.29) is 10.8 Å². The van der Waals surface area contributed by atoms with E-state index in [1.807, 2.05) is 36.4 Å². The molecule has 0 unspecified atom stereocenters. The summed E-state index contributed by atoms with van der Waals surface area (Å²) >= 11 is 0. The molecule has 3 rings (SSSR count). The summed E-state index contributed by atoms with van der Waals surface area (Å²) in [5.41, 5.74) is 2.17. The van der Waals surface area contributed by atoms with Crippen LogP contribution in [0.1, 0.15) is 38.8 Å². The topological polar surface area (TPSA) is 18.5 Å². The number of rotatable bonds is 0. The van der Waals surface area contributed by atoms with Crippen molar-refractivity contribution in [2.75, 3.05) is 0 Å². The van der Waals surface area contributed by atoms with E-state index < -0.39 is 0 Å². The SMILES string of the molecule is CC1(C)c2ccccc2OOc2ccccc2C1(C)C. The van der Waals surface area contributed by atoms with Crippen LogP contribution in [0.3, 0.4) is 0 Å². The second kappa shape index (κ2) is 4.27. The van der Waals surface area contributed by atoms with Gasteiger partial charge < -0.3 is 0 Å².